The Labute approximate surface area is 139 Å². The van der Waals surface area contributed by atoms with E-state index in [0.717, 1.165) is 21.5 Å². The van der Waals surface area contributed by atoms with E-state index in [9.17, 15) is 4.39 Å². The van der Waals surface area contributed by atoms with E-state index in [-0.39, 0.29) is 5.02 Å². The number of fused-ring (bicyclic) bond motifs is 1. The summed E-state index contributed by atoms with van der Waals surface area (Å²) in [5.74, 6) is 0.744. The van der Waals surface area contributed by atoms with Crippen LogP contribution in [0.1, 0.15) is 5.82 Å². The van der Waals surface area contributed by atoms with E-state index in [1.54, 1.807) is 6.07 Å². The van der Waals surface area contributed by atoms with Crippen molar-refractivity contribution in [3.8, 4) is 5.69 Å². The van der Waals surface area contributed by atoms with E-state index >= 15 is 0 Å². The highest BCUT2D eigenvalue weighted by Gasteiger charge is 2.15. The molecule has 1 aromatic heterocycles. The third-order valence-corrected chi connectivity index (χ3v) is 4.12. The van der Waals surface area contributed by atoms with Crippen molar-refractivity contribution in [3.63, 3.8) is 0 Å². The van der Waals surface area contributed by atoms with Gasteiger partial charge in [-0.3, -0.25) is 4.57 Å². The maximum Gasteiger partial charge on any atom is 0.144 e. The maximum absolute atomic E-state index is 13.6. The van der Waals surface area contributed by atoms with Gasteiger partial charge in [0.1, 0.15) is 11.6 Å². The Hall–Kier alpha value is -1.10. The fourth-order valence-electron chi connectivity index (χ4n) is 2.28. The monoisotopic (exact) mass is 386 g/mol. The molecular weight excluding hydrogens is 378 g/mol. The van der Waals surface area contributed by atoms with Crippen molar-refractivity contribution in [2.75, 3.05) is 5.88 Å². The molecule has 0 aliphatic heterocycles. The van der Waals surface area contributed by atoms with E-state index in [1.165, 1.54) is 6.07 Å². The quantitative estimate of drug-likeness (QED) is 0.553. The molecule has 0 fully saturated rings. The first kappa shape index (κ1) is 14.8. The van der Waals surface area contributed by atoms with Gasteiger partial charge in [-0.1, -0.05) is 33.6 Å². The van der Waals surface area contributed by atoms with Crippen LogP contribution in [0.4, 0.5) is 4.39 Å². The van der Waals surface area contributed by atoms with Gasteiger partial charge in [-0.15, -0.1) is 11.6 Å². The van der Waals surface area contributed by atoms with Gasteiger partial charge in [0.25, 0.3) is 0 Å². The molecule has 0 N–H and O–H groups in total. The van der Waals surface area contributed by atoms with Crippen molar-refractivity contribution < 1.29 is 4.39 Å². The number of halogens is 4. The predicted octanol–water partition coefficient (Wildman–Crippen LogP) is 5.36. The number of imidazole rings is 1. The number of hydrogen-bond donors (Lipinski definition) is 0. The average Bonchev–Trinajstić information content (AvgIpc) is 2.77. The second-order valence-electron chi connectivity index (χ2n) is 4.54. The fourth-order valence-corrected chi connectivity index (χ4v) is 2.99. The SMILES string of the molecule is Fc1cc2nc(CCCl)n(-c3cccc(Br)c3)c2cc1Cl. The summed E-state index contributed by atoms with van der Waals surface area (Å²) in [5.41, 5.74) is 2.26. The lowest BCUT2D eigenvalue weighted by Gasteiger charge is -2.09. The zero-order valence-electron chi connectivity index (χ0n) is 10.8. The summed E-state index contributed by atoms with van der Waals surface area (Å²) in [6.45, 7) is 0. The van der Waals surface area contributed by atoms with Gasteiger partial charge in [0, 0.05) is 28.5 Å². The highest BCUT2D eigenvalue weighted by atomic mass is 79.9. The third kappa shape index (κ3) is 2.80. The molecular formula is C15H10BrCl2FN2. The first-order valence-corrected chi connectivity index (χ1v) is 7.99. The summed E-state index contributed by atoms with van der Waals surface area (Å²) in [5, 5.41) is 0.0797. The Balaban J connectivity index is 2.32. The summed E-state index contributed by atoms with van der Waals surface area (Å²) in [6.07, 6.45) is 0.585. The third-order valence-electron chi connectivity index (χ3n) is 3.15. The van der Waals surface area contributed by atoms with Gasteiger partial charge in [-0.25, -0.2) is 9.37 Å². The van der Waals surface area contributed by atoms with Crippen LogP contribution in [0.2, 0.25) is 5.02 Å². The van der Waals surface area contributed by atoms with E-state index in [0.29, 0.717) is 17.8 Å². The molecule has 0 atom stereocenters. The van der Waals surface area contributed by atoms with Crippen molar-refractivity contribution in [1.82, 2.24) is 9.55 Å². The molecule has 0 radical (unpaired) electrons. The van der Waals surface area contributed by atoms with Gasteiger partial charge in [-0.05, 0) is 24.3 Å². The van der Waals surface area contributed by atoms with E-state index in [2.05, 4.69) is 20.9 Å². The largest absolute Gasteiger partial charge is 0.296 e. The first-order valence-electron chi connectivity index (χ1n) is 6.28. The van der Waals surface area contributed by atoms with Crippen LogP contribution < -0.4 is 0 Å². The van der Waals surface area contributed by atoms with Crippen LogP contribution in [0.3, 0.4) is 0 Å². The van der Waals surface area contributed by atoms with Crippen molar-refractivity contribution in [2.45, 2.75) is 6.42 Å². The summed E-state index contributed by atoms with van der Waals surface area (Å²) in [6, 6.07) is 10.7. The Morgan fingerprint density at radius 2 is 2.05 bits per heavy atom. The number of hydrogen-bond acceptors (Lipinski definition) is 1. The van der Waals surface area contributed by atoms with E-state index in [1.807, 2.05) is 28.8 Å². The van der Waals surface area contributed by atoms with Crippen LogP contribution in [-0.4, -0.2) is 15.4 Å². The Bertz CT molecular complexity index is 817. The normalized spacial score (nSPS) is 11.2. The van der Waals surface area contributed by atoms with Crippen molar-refractivity contribution in [3.05, 3.63) is 57.5 Å². The summed E-state index contributed by atoms with van der Waals surface area (Å²) in [4.78, 5) is 4.47. The second kappa shape index (κ2) is 5.95. The van der Waals surface area contributed by atoms with Crippen molar-refractivity contribution in [1.29, 1.82) is 0 Å². The number of benzene rings is 2. The summed E-state index contributed by atoms with van der Waals surface area (Å²) < 4.78 is 16.5. The molecule has 0 aliphatic rings. The van der Waals surface area contributed by atoms with Gasteiger partial charge in [0.2, 0.25) is 0 Å². The number of aromatic nitrogens is 2. The fraction of sp³-hybridized carbons (Fsp3) is 0.133. The minimum atomic E-state index is -0.472. The molecule has 21 heavy (non-hydrogen) atoms. The van der Waals surface area contributed by atoms with Gasteiger partial charge in [0.15, 0.2) is 0 Å². The van der Waals surface area contributed by atoms with Crippen LogP contribution in [0, 0.1) is 5.82 Å². The van der Waals surface area contributed by atoms with Crippen LogP contribution in [0.15, 0.2) is 40.9 Å². The maximum atomic E-state index is 13.6. The molecule has 0 bridgehead atoms. The summed E-state index contributed by atoms with van der Waals surface area (Å²) >= 11 is 15.2. The smallest absolute Gasteiger partial charge is 0.144 e. The lowest BCUT2D eigenvalue weighted by atomic mass is 10.2. The topological polar surface area (TPSA) is 17.8 Å². The predicted molar refractivity (Wildman–Crippen MR) is 88.2 cm³/mol. The Morgan fingerprint density at radius 3 is 2.76 bits per heavy atom. The molecule has 2 aromatic carbocycles. The molecule has 6 heteroatoms. The average molecular weight is 388 g/mol. The highest BCUT2D eigenvalue weighted by Crippen LogP contribution is 2.28. The number of nitrogens with zero attached hydrogens (tertiary/aromatic N) is 2. The molecule has 0 saturated carbocycles. The lowest BCUT2D eigenvalue weighted by Crippen LogP contribution is -2.02. The number of alkyl halides is 1. The zero-order valence-corrected chi connectivity index (χ0v) is 13.9. The molecule has 0 saturated heterocycles. The molecule has 0 unspecified atom stereocenters. The van der Waals surface area contributed by atoms with Crippen LogP contribution in [0.25, 0.3) is 16.7 Å². The standard InChI is InChI=1S/C15H10BrCl2FN2/c16-9-2-1-3-10(6-9)21-14-7-11(18)12(19)8-13(14)20-15(21)4-5-17/h1-3,6-8H,4-5H2. The summed E-state index contributed by atoms with van der Waals surface area (Å²) in [7, 11) is 0. The second-order valence-corrected chi connectivity index (χ2v) is 6.24. The molecule has 3 aromatic rings. The molecule has 0 aliphatic carbocycles. The minimum absolute atomic E-state index is 0.0797. The lowest BCUT2D eigenvalue weighted by molar-refractivity contribution is 0.630. The molecule has 108 valence electrons. The van der Waals surface area contributed by atoms with Gasteiger partial charge in [0.05, 0.1) is 16.1 Å². The molecule has 2 nitrogen and oxygen atoms in total. The van der Waals surface area contributed by atoms with E-state index < -0.39 is 5.82 Å². The molecule has 0 amide bonds. The molecule has 0 spiro atoms. The Morgan fingerprint density at radius 1 is 1.24 bits per heavy atom. The van der Waals surface area contributed by atoms with E-state index in [4.69, 9.17) is 23.2 Å². The van der Waals surface area contributed by atoms with Gasteiger partial charge >= 0.3 is 0 Å². The number of rotatable bonds is 3. The number of aryl methyl sites for hydroxylation is 1. The first-order chi connectivity index (χ1) is 10.1. The van der Waals surface area contributed by atoms with Crippen LogP contribution >= 0.6 is 39.1 Å². The van der Waals surface area contributed by atoms with Gasteiger partial charge < -0.3 is 0 Å². The van der Waals surface area contributed by atoms with Gasteiger partial charge in [-0.2, -0.15) is 0 Å². The van der Waals surface area contributed by atoms with Crippen molar-refractivity contribution in [2.24, 2.45) is 0 Å². The Kier molecular flexibility index (Phi) is 4.20. The van der Waals surface area contributed by atoms with Crippen molar-refractivity contribution >= 4 is 50.2 Å². The molecule has 3 rings (SSSR count). The molecule has 1 heterocycles. The minimum Gasteiger partial charge on any atom is -0.296 e. The van der Waals surface area contributed by atoms with Crippen LogP contribution in [-0.2, 0) is 6.42 Å². The highest BCUT2D eigenvalue weighted by molar-refractivity contribution is 9.10. The zero-order chi connectivity index (χ0) is 15.0. The van der Waals surface area contributed by atoms with Crippen LogP contribution in [0.5, 0.6) is 0 Å².